The third-order valence-corrected chi connectivity index (χ3v) is 2.43. The second kappa shape index (κ2) is 6.61. The fourth-order valence-corrected chi connectivity index (χ4v) is 1.33. The minimum absolute atomic E-state index is 0.0241. The van der Waals surface area contributed by atoms with E-state index in [0.29, 0.717) is 0 Å². The summed E-state index contributed by atoms with van der Waals surface area (Å²) in [6, 6.07) is 8.69. The van der Waals surface area contributed by atoms with Gasteiger partial charge >= 0.3 is 12.0 Å². The molecule has 6 heteroatoms. The van der Waals surface area contributed by atoms with Gasteiger partial charge in [0, 0.05) is 25.7 Å². The molecule has 0 aliphatic heterocycles. The Balaban J connectivity index is 2.40. The quantitative estimate of drug-likeness (QED) is 0.718. The molecule has 0 aliphatic rings. The van der Waals surface area contributed by atoms with Crippen molar-refractivity contribution in [2.45, 2.75) is 12.5 Å². The molecular formula is C12H16N2O4. The number of anilines is 1. The number of benzene rings is 1. The van der Waals surface area contributed by atoms with E-state index in [2.05, 4.69) is 5.32 Å². The van der Waals surface area contributed by atoms with Crippen LogP contribution in [0, 0.1) is 0 Å². The van der Waals surface area contributed by atoms with E-state index in [-0.39, 0.29) is 19.0 Å². The van der Waals surface area contributed by atoms with Crippen LogP contribution >= 0.6 is 0 Å². The van der Waals surface area contributed by atoms with Crippen LogP contribution < -0.4 is 10.2 Å². The Morgan fingerprint density at radius 1 is 1.33 bits per heavy atom. The maximum atomic E-state index is 11.7. The number of nitrogens with one attached hydrogen (secondary N) is 1. The van der Waals surface area contributed by atoms with E-state index in [9.17, 15) is 9.59 Å². The highest BCUT2D eigenvalue weighted by Crippen LogP contribution is 2.10. The minimum Gasteiger partial charge on any atom is -0.479 e. The highest BCUT2D eigenvalue weighted by atomic mass is 16.4. The van der Waals surface area contributed by atoms with Gasteiger partial charge in [-0.3, -0.25) is 4.90 Å². The van der Waals surface area contributed by atoms with E-state index >= 15 is 0 Å². The Bertz CT molecular complexity index is 408. The van der Waals surface area contributed by atoms with Crippen LogP contribution in [0.1, 0.15) is 6.42 Å². The molecule has 18 heavy (non-hydrogen) atoms. The zero-order valence-corrected chi connectivity index (χ0v) is 10.0. The first kappa shape index (κ1) is 14.0. The van der Waals surface area contributed by atoms with Gasteiger partial charge in [0.25, 0.3) is 0 Å². The molecule has 98 valence electrons. The van der Waals surface area contributed by atoms with Gasteiger partial charge in [-0.15, -0.1) is 0 Å². The van der Waals surface area contributed by atoms with E-state index in [0.717, 1.165) is 5.69 Å². The van der Waals surface area contributed by atoms with Gasteiger partial charge in [0.05, 0.1) is 0 Å². The average molecular weight is 252 g/mol. The summed E-state index contributed by atoms with van der Waals surface area (Å²) in [5.41, 5.74) is 0.730. The average Bonchev–Trinajstić information content (AvgIpc) is 2.38. The van der Waals surface area contributed by atoms with Crippen LogP contribution in [0.15, 0.2) is 30.3 Å². The first-order valence-electron chi connectivity index (χ1n) is 5.50. The number of aliphatic hydroxyl groups excluding tert-OH is 1. The number of carbonyl (C=O) groups is 2. The summed E-state index contributed by atoms with van der Waals surface area (Å²) in [5.74, 6) is -1.29. The lowest BCUT2D eigenvalue weighted by atomic mass is 10.2. The standard InChI is InChI=1S/C12H16N2O4/c1-14(9-5-3-2-4-6-9)12(18)13-8-7-10(15)11(16)17/h2-6,10,15H,7-8H2,1H3,(H,13,18)(H,16,17)/t10-/m0/s1. The fraction of sp³-hybridized carbons (Fsp3) is 0.333. The number of hydrogen-bond acceptors (Lipinski definition) is 3. The topological polar surface area (TPSA) is 89.9 Å². The number of carboxylic acids is 1. The van der Waals surface area contributed by atoms with Crippen LogP contribution in [-0.4, -0.2) is 41.9 Å². The molecular weight excluding hydrogens is 236 g/mol. The Labute approximate surface area is 105 Å². The first-order chi connectivity index (χ1) is 8.52. The van der Waals surface area contributed by atoms with E-state index < -0.39 is 12.1 Å². The highest BCUT2D eigenvalue weighted by Gasteiger charge is 2.14. The molecule has 6 nitrogen and oxygen atoms in total. The number of urea groups is 1. The third kappa shape index (κ3) is 4.06. The predicted octanol–water partition coefficient (Wildman–Crippen LogP) is 0.668. The lowest BCUT2D eigenvalue weighted by molar-refractivity contribution is -0.146. The van der Waals surface area contributed by atoms with Crippen molar-refractivity contribution in [3.8, 4) is 0 Å². The summed E-state index contributed by atoms with van der Waals surface area (Å²) in [6.45, 7) is 0.101. The van der Waals surface area contributed by atoms with Crippen molar-refractivity contribution < 1.29 is 19.8 Å². The van der Waals surface area contributed by atoms with Crippen molar-refractivity contribution in [1.82, 2.24) is 5.32 Å². The molecule has 1 aromatic carbocycles. The lowest BCUT2D eigenvalue weighted by Crippen LogP contribution is -2.39. The molecule has 1 rings (SSSR count). The number of nitrogens with zero attached hydrogens (tertiary/aromatic N) is 1. The van der Waals surface area contributed by atoms with E-state index in [1.165, 1.54) is 4.90 Å². The van der Waals surface area contributed by atoms with Crippen LogP contribution in [0.25, 0.3) is 0 Å². The minimum atomic E-state index is -1.45. The molecule has 0 heterocycles. The smallest absolute Gasteiger partial charge is 0.332 e. The van der Waals surface area contributed by atoms with E-state index in [1.54, 1.807) is 19.2 Å². The Morgan fingerprint density at radius 3 is 2.50 bits per heavy atom. The Morgan fingerprint density at radius 2 is 1.94 bits per heavy atom. The predicted molar refractivity (Wildman–Crippen MR) is 66.5 cm³/mol. The fourth-order valence-electron chi connectivity index (χ4n) is 1.33. The number of rotatable bonds is 5. The monoisotopic (exact) mass is 252 g/mol. The first-order valence-corrected chi connectivity index (χ1v) is 5.50. The number of hydrogen-bond donors (Lipinski definition) is 3. The summed E-state index contributed by atoms with van der Waals surface area (Å²) >= 11 is 0. The van der Waals surface area contributed by atoms with Gasteiger partial charge in [0.15, 0.2) is 6.10 Å². The van der Waals surface area contributed by atoms with E-state index in [4.69, 9.17) is 10.2 Å². The van der Waals surface area contributed by atoms with Crippen LogP contribution in [-0.2, 0) is 4.79 Å². The number of aliphatic hydroxyl groups is 1. The van der Waals surface area contributed by atoms with Crippen molar-refractivity contribution >= 4 is 17.7 Å². The molecule has 0 spiro atoms. The van der Waals surface area contributed by atoms with Gasteiger partial charge in [-0.05, 0) is 12.1 Å². The number of carboxylic acid groups (broad SMARTS) is 1. The van der Waals surface area contributed by atoms with Gasteiger partial charge in [-0.2, -0.15) is 0 Å². The van der Waals surface area contributed by atoms with Crippen molar-refractivity contribution in [3.63, 3.8) is 0 Å². The van der Waals surface area contributed by atoms with Crippen LogP contribution in [0.5, 0.6) is 0 Å². The van der Waals surface area contributed by atoms with Gasteiger partial charge < -0.3 is 15.5 Å². The van der Waals surface area contributed by atoms with Crippen molar-refractivity contribution in [3.05, 3.63) is 30.3 Å². The lowest BCUT2D eigenvalue weighted by Gasteiger charge is -2.18. The van der Waals surface area contributed by atoms with E-state index in [1.807, 2.05) is 18.2 Å². The molecule has 0 saturated heterocycles. The third-order valence-electron chi connectivity index (χ3n) is 2.43. The maximum Gasteiger partial charge on any atom is 0.332 e. The molecule has 0 aliphatic carbocycles. The maximum absolute atomic E-state index is 11.7. The normalized spacial score (nSPS) is 11.7. The summed E-state index contributed by atoms with van der Waals surface area (Å²) < 4.78 is 0. The second-order valence-corrected chi connectivity index (χ2v) is 3.77. The highest BCUT2D eigenvalue weighted by molar-refractivity contribution is 5.91. The summed E-state index contributed by atoms with van der Waals surface area (Å²) in [7, 11) is 1.61. The molecule has 1 aromatic rings. The molecule has 1 atom stereocenters. The molecule has 0 aromatic heterocycles. The molecule has 0 unspecified atom stereocenters. The largest absolute Gasteiger partial charge is 0.479 e. The molecule has 0 fully saturated rings. The van der Waals surface area contributed by atoms with Crippen LogP contribution in [0.4, 0.5) is 10.5 Å². The van der Waals surface area contributed by atoms with Crippen molar-refractivity contribution in [2.24, 2.45) is 0 Å². The summed E-state index contributed by atoms with van der Waals surface area (Å²) in [6.07, 6.45) is -1.48. The van der Waals surface area contributed by atoms with Gasteiger partial charge in [-0.25, -0.2) is 9.59 Å². The molecule has 2 amide bonds. The summed E-state index contributed by atoms with van der Waals surface area (Å²) in [4.78, 5) is 23.4. The van der Waals surface area contributed by atoms with Crippen LogP contribution in [0.3, 0.4) is 0 Å². The van der Waals surface area contributed by atoms with Gasteiger partial charge in [0.2, 0.25) is 0 Å². The van der Waals surface area contributed by atoms with Crippen LogP contribution in [0.2, 0.25) is 0 Å². The molecule has 3 N–H and O–H groups in total. The Hall–Kier alpha value is -2.08. The van der Waals surface area contributed by atoms with Crippen molar-refractivity contribution in [1.29, 1.82) is 0 Å². The number of aliphatic carboxylic acids is 1. The Kier molecular flexibility index (Phi) is 5.13. The summed E-state index contributed by atoms with van der Waals surface area (Å²) in [5, 5.41) is 20.0. The molecule has 0 saturated carbocycles. The number of para-hydroxylation sites is 1. The zero-order chi connectivity index (χ0) is 13.5. The second-order valence-electron chi connectivity index (χ2n) is 3.77. The van der Waals surface area contributed by atoms with Crippen molar-refractivity contribution in [2.75, 3.05) is 18.5 Å². The molecule has 0 bridgehead atoms. The molecule has 0 radical (unpaired) electrons. The number of carbonyl (C=O) groups excluding carboxylic acids is 1. The SMILES string of the molecule is CN(C(=O)NCC[C@H](O)C(=O)O)c1ccccc1. The van der Waals surface area contributed by atoms with Gasteiger partial charge in [-0.1, -0.05) is 18.2 Å². The number of amides is 2. The van der Waals surface area contributed by atoms with Gasteiger partial charge in [0.1, 0.15) is 0 Å². The zero-order valence-electron chi connectivity index (χ0n) is 10.0.